The highest BCUT2D eigenvalue weighted by molar-refractivity contribution is 8.24. The van der Waals surface area contributed by atoms with Crippen LogP contribution in [0.2, 0.25) is 20.2 Å². The van der Waals surface area contributed by atoms with Crippen LogP contribution in [0, 0.1) is 13.8 Å². The normalized spacial score (nSPS) is 11.1. The van der Waals surface area contributed by atoms with E-state index < -0.39 is 83.8 Å². The Hall–Kier alpha value is -9.19. The van der Waals surface area contributed by atoms with Gasteiger partial charge in [0, 0.05) is 35.7 Å². The number of para-hydroxylation sites is 4. The first-order chi connectivity index (χ1) is 56.5. The minimum absolute atomic E-state index is 0.0216. The van der Waals surface area contributed by atoms with E-state index in [-0.39, 0.29) is 51.0 Å². The second kappa shape index (κ2) is 49.8. The Morgan fingerprint density at radius 1 is 0.463 bits per heavy atom. The summed E-state index contributed by atoms with van der Waals surface area (Å²) in [6.45, 7) is 27.3. The number of anilines is 11. The smallest absolute Gasteiger partial charge is 0.339 e. The molecule has 0 fully saturated rings. The number of hydrogen-bond acceptors (Lipinski definition) is 28. The third-order valence-electron chi connectivity index (χ3n) is 15.5. The van der Waals surface area contributed by atoms with Crippen molar-refractivity contribution in [1.82, 2.24) is 51.0 Å². The summed E-state index contributed by atoms with van der Waals surface area (Å²) >= 11 is 36.2. The largest absolute Gasteiger partial charge is 0.495 e. The van der Waals surface area contributed by atoms with Crippen molar-refractivity contribution in [3.8, 4) is 5.75 Å². The molecule has 656 valence electrons. The van der Waals surface area contributed by atoms with Crippen LogP contribution in [0.3, 0.4) is 0 Å². The number of sulfone groups is 4. The van der Waals surface area contributed by atoms with Gasteiger partial charge in [0.15, 0.2) is 50.3 Å². The zero-order valence-electron chi connectivity index (χ0n) is 68.5. The molecule has 0 aliphatic rings. The Kier molecular flexibility index (Phi) is 43.6. The summed E-state index contributed by atoms with van der Waals surface area (Å²) in [5.41, 5.74) is 17.4. The van der Waals surface area contributed by atoms with Crippen molar-refractivity contribution in [2.75, 3.05) is 65.0 Å². The van der Waals surface area contributed by atoms with E-state index in [0.29, 0.717) is 45.6 Å². The Bertz CT molecular complexity index is 6010. The van der Waals surface area contributed by atoms with Crippen LogP contribution < -0.4 is 64.8 Å². The van der Waals surface area contributed by atoms with Gasteiger partial charge < -0.3 is 47.4 Å². The summed E-state index contributed by atoms with van der Waals surface area (Å²) in [5, 5.41) is 43.8. The maximum atomic E-state index is 12.7. The number of aryl methyl sites for hydroxylation is 2. The quantitative estimate of drug-likeness (QED) is 0.0250. The maximum absolute atomic E-state index is 12.7. The number of benzene rings is 6. The van der Waals surface area contributed by atoms with Gasteiger partial charge in [0.1, 0.15) is 22.9 Å². The van der Waals surface area contributed by atoms with Crippen LogP contribution in [0.25, 0.3) is 0 Å². The fourth-order valence-corrected chi connectivity index (χ4v) is 15.4. The molecule has 44 heteroatoms. The Morgan fingerprint density at radius 3 is 1.31 bits per heavy atom. The van der Waals surface area contributed by atoms with Crippen molar-refractivity contribution in [3.05, 3.63) is 245 Å². The topological polar surface area (TPSA) is 481 Å². The van der Waals surface area contributed by atoms with E-state index in [1.165, 1.54) is 43.0 Å². The van der Waals surface area contributed by atoms with Gasteiger partial charge in [-0.1, -0.05) is 115 Å². The molecule has 0 aliphatic carbocycles. The van der Waals surface area contributed by atoms with Gasteiger partial charge in [-0.05, 0) is 213 Å². The number of nitrogens with two attached hydrogens (primary N) is 2. The summed E-state index contributed by atoms with van der Waals surface area (Å²) in [4.78, 5) is 33.4. The number of aromatic nitrogens is 10. The van der Waals surface area contributed by atoms with E-state index in [9.17, 15) is 57.2 Å². The van der Waals surface area contributed by atoms with E-state index in [2.05, 4.69) is 111 Å². The Labute approximate surface area is 738 Å². The van der Waals surface area contributed by atoms with Crippen LogP contribution in [-0.2, 0) is 48.5 Å². The molecular weight excluding hydrogens is 1830 g/mol. The fourth-order valence-electron chi connectivity index (χ4n) is 9.16. The number of nitrogens with one attached hydrogen (secondary N) is 8. The standard InChI is InChI=1S/C22H27N4O3PS.C13H14ClN3O3S.C13H14ClN3O2S.C9H13NO2S.C8H11NO.C6H9N3O.C4H2Cl2N2O.C2H6.Cl3OP/c1-15(2)31(28,29)21-9-7-6-8-20(21)24-17-13-22(26-23-14-17)25-19-11-10-18(12-16(19)3)30(4,5)27;1-8(2)21(19,20)11-6-4-3-5-9(11)16-10-7-15-17-13(18)12(10)14;1-9(2)20(18,19)12-6-4-3-5-11(12)16-10-7-13(14)17-15-8-10;1-7(2)13(11,12)9-6-4-3-5-8(9)10;1-6-3-4-7(9)8(5-6)10-2;1-2-7-5-3-6(10)9-8-4-5;5-2-1-7-8-4(9)3(2)6;1-2;1-5(2,3)4/h6-15H,1-5H3,(H2,24,25,26);3-8H,1-2H3,(H2,16,17,18);3-9H,1-2H3,(H,16,17);3-7H,10H2,1-2H3;3-5H,9H2,1-2H3;3-4H,2H2,1H3,(H2,7,9,10);1H,(H,8,9);1-2H3;. The average Bonchev–Trinajstić information content (AvgIpc) is 0.808. The highest BCUT2D eigenvalue weighted by Crippen LogP contribution is 2.61. The third kappa shape index (κ3) is 34.9. The molecule has 0 radical (unpaired) electrons. The lowest BCUT2D eigenvalue weighted by atomic mass is 10.2. The lowest BCUT2D eigenvalue weighted by molar-refractivity contribution is 0.416. The highest BCUT2D eigenvalue weighted by atomic mass is 36.0. The lowest BCUT2D eigenvalue weighted by Crippen LogP contribution is -2.16. The van der Waals surface area contributed by atoms with Gasteiger partial charge in [-0.3, -0.25) is 18.9 Å². The molecule has 6 aromatic carbocycles. The zero-order valence-corrected chi connectivity index (χ0v) is 78.9. The monoisotopic (exact) mass is 1920 g/mol. The minimum atomic E-state index is -3.46. The summed E-state index contributed by atoms with van der Waals surface area (Å²) < 4.78 is 125. The Morgan fingerprint density at radius 2 is 0.893 bits per heavy atom. The number of halogens is 7. The van der Waals surface area contributed by atoms with Gasteiger partial charge in [-0.2, -0.15) is 25.5 Å². The van der Waals surface area contributed by atoms with E-state index >= 15 is 0 Å². The number of H-pyrrole nitrogens is 3. The second-order valence-electron chi connectivity index (χ2n) is 26.1. The summed E-state index contributed by atoms with van der Waals surface area (Å²) in [5.74, 6) is 1.25. The minimum Gasteiger partial charge on any atom is -0.495 e. The highest BCUT2D eigenvalue weighted by Gasteiger charge is 2.27. The van der Waals surface area contributed by atoms with Gasteiger partial charge in [-0.15, -0.1) is 10.2 Å². The van der Waals surface area contributed by atoms with E-state index in [1.54, 1.807) is 179 Å². The molecule has 5 heterocycles. The summed E-state index contributed by atoms with van der Waals surface area (Å²) in [7, 11) is -14.2. The molecule has 0 saturated heterocycles. The van der Waals surface area contributed by atoms with Gasteiger partial charge in [0.25, 0.3) is 16.7 Å². The fraction of sp³-hybridized carbons (Fsp3) is 0.273. The molecular formula is C77H96Cl7N17O14P2S4. The SMILES string of the molecule is CC.CC(C)S(=O)(=O)c1ccccc1N.CC(C)S(=O)(=O)c1ccccc1Nc1cn[nH]c(=O)c1Cl.CC(C)S(=O)(=O)c1ccccc1Nc1cnnc(Cl)c1.CCNc1cn[nH]c(=O)c1.COc1cc(C)ccc1N.Cc1cc(P(C)(C)=O)ccc1Nc1cc(Nc2ccccc2S(=O)(=O)C(C)C)cnn1.O=P(Cl)(Cl)Cl.O=c1[nH]ncc(Cl)c1Cl. The van der Waals surface area contributed by atoms with Gasteiger partial charge in [-0.25, -0.2) is 49.0 Å². The molecule has 0 saturated carbocycles. The van der Waals surface area contributed by atoms with Crippen LogP contribution in [-0.4, -0.2) is 133 Å². The predicted octanol–water partition coefficient (Wildman–Crippen LogP) is 18.3. The molecule has 11 rings (SSSR count). The molecule has 5 aromatic heterocycles. The molecule has 0 amide bonds. The van der Waals surface area contributed by atoms with E-state index in [1.807, 2.05) is 71.0 Å². The first-order valence-corrected chi connectivity index (χ1v) is 50.8. The number of aromatic amines is 3. The Balaban J connectivity index is 0.000000375. The summed E-state index contributed by atoms with van der Waals surface area (Å²) in [6, 6.07) is 42.6. The van der Waals surface area contributed by atoms with Gasteiger partial charge in [0.05, 0.1) is 135 Å². The van der Waals surface area contributed by atoms with Crippen LogP contribution in [0.1, 0.15) is 87.3 Å². The van der Waals surface area contributed by atoms with Crippen molar-refractivity contribution in [2.45, 2.75) is 131 Å². The molecule has 0 atom stereocenters. The lowest BCUT2D eigenvalue weighted by Gasteiger charge is -2.15. The maximum Gasteiger partial charge on any atom is 0.339 e. The number of hydrogen-bond donors (Lipinski definition) is 10. The molecule has 31 nitrogen and oxygen atoms in total. The summed E-state index contributed by atoms with van der Waals surface area (Å²) in [6.07, 6.45) is 7.17. The molecule has 0 unspecified atom stereocenters. The van der Waals surface area contributed by atoms with Gasteiger partial charge in [0.2, 0.25) is 0 Å². The molecule has 0 aliphatic heterocycles. The van der Waals surface area contributed by atoms with E-state index in [0.717, 1.165) is 40.1 Å². The molecule has 0 bridgehead atoms. The molecule has 121 heavy (non-hydrogen) atoms. The number of rotatable bonds is 20. The third-order valence-corrected chi connectivity index (χ3v) is 27.2. The first kappa shape index (κ1) is 106. The second-order valence-corrected chi connectivity index (χ2v) is 47.4. The molecule has 11 aromatic rings. The molecule has 0 spiro atoms. The average molecular weight is 1920 g/mol. The van der Waals surface area contributed by atoms with Gasteiger partial charge >= 0.3 is 5.20 Å². The van der Waals surface area contributed by atoms with Crippen molar-refractivity contribution in [2.24, 2.45) is 0 Å². The number of ether oxygens (including phenoxy) is 1. The van der Waals surface area contributed by atoms with Crippen molar-refractivity contribution >= 4 is 200 Å². The number of nitrogens with zero attached hydrogens (tertiary/aromatic N) is 7. The van der Waals surface area contributed by atoms with Crippen LogP contribution in [0.15, 0.2) is 217 Å². The van der Waals surface area contributed by atoms with Crippen LogP contribution in [0.5, 0.6) is 5.75 Å². The van der Waals surface area contributed by atoms with Crippen molar-refractivity contribution in [1.29, 1.82) is 0 Å². The first-order valence-electron chi connectivity index (χ1n) is 36.1. The van der Waals surface area contributed by atoms with Crippen LogP contribution >= 0.6 is 92.5 Å². The van der Waals surface area contributed by atoms with Crippen LogP contribution in [0.4, 0.5) is 62.7 Å². The predicted molar refractivity (Wildman–Crippen MR) is 494 cm³/mol. The molecule has 12 N–H and O–H groups in total. The van der Waals surface area contributed by atoms with E-state index in [4.69, 9.17) is 62.6 Å². The number of methoxy groups -OCH3 is 1. The zero-order chi connectivity index (χ0) is 91.6. The van der Waals surface area contributed by atoms with Crippen molar-refractivity contribution < 1.29 is 47.5 Å². The number of nitrogen functional groups attached to an aromatic ring is 2. The van der Waals surface area contributed by atoms with Crippen molar-refractivity contribution in [3.63, 3.8) is 0 Å².